The highest BCUT2D eigenvalue weighted by atomic mass is 32.1. The summed E-state index contributed by atoms with van der Waals surface area (Å²) in [5.41, 5.74) is 0.964. The van der Waals surface area contributed by atoms with Crippen LogP contribution in [0, 0.1) is 0 Å². The third-order valence-corrected chi connectivity index (χ3v) is 3.06. The summed E-state index contributed by atoms with van der Waals surface area (Å²) in [6, 6.07) is 7.91. The van der Waals surface area contributed by atoms with Gasteiger partial charge in [0, 0.05) is 6.54 Å². The number of hydrogen-bond acceptors (Lipinski definition) is 4. The van der Waals surface area contributed by atoms with Crippen molar-refractivity contribution in [1.82, 2.24) is 10.3 Å². The van der Waals surface area contributed by atoms with E-state index in [4.69, 9.17) is 0 Å². The summed E-state index contributed by atoms with van der Waals surface area (Å²) in [4.78, 5) is 15.6. The van der Waals surface area contributed by atoms with Gasteiger partial charge in [-0.15, -0.1) is 0 Å². The molecule has 0 bridgehead atoms. The fourth-order valence-corrected chi connectivity index (χ4v) is 2.22. The number of benzene rings is 1. The molecule has 0 aliphatic carbocycles. The molecule has 1 aromatic heterocycles. The molecular formula is C11H13N3OS. The van der Waals surface area contributed by atoms with E-state index in [9.17, 15) is 4.79 Å². The van der Waals surface area contributed by atoms with Crippen molar-refractivity contribution in [2.24, 2.45) is 0 Å². The standard InChI is InChI=1S/C11H13N3OS/c1-2-12-10(15)7-13-11-14-8-5-3-4-6-9(8)16-11/h3-6H,2,7H2,1H3,(H,12,15)(H,13,14). The van der Waals surface area contributed by atoms with Gasteiger partial charge in [-0.05, 0) is 19.1 Å². The zero-order valence-electron chi connectivity index (χ0n) is 8.99. The molecule has 0 fully saturated rings. The molecule has 2 rings (SSSR count). The van der Waals surface area contributed by atoms with Crippen LogP contribution in [0.4, 0.5) is 5.13 Å². The summed E-state index contributed by atoms with van der Waals surface area (Å²) in [5.74, 6) is -0.0123. The van der Waals surface area contributed by atoms with Gasteiger partial charge in [-0.25, -0.2) is 4.98 Å². The number of anilines is 1. The lowest BCUT2D eigenvalue weighted by Crippen LogP contribution is -2.29. The van der Waals surface area contributed by atoms with E-state index in [1.807, 2.05) is 31.2 Å². The zero-order chi connectivity index (χ0) is 11.4. The maximum Gasteiger partial charge on any atom is 0.239 e. The summed E-state index contributed by atoms with van der Waals surface area (Å²) in [7, 11) is 0. The Morgan fingerprint density at radius 1 is 1.44 bits per heavy atom. The van der Waals surface area contributed by atoms with Crippen molar-refractivity contribution in [3.8, 4) is 0 Å². The number of likely N-dealkylation sites (N-methyl/N-ethyl adjacent to an activating group) is 1. The Hall–Kier alpha value is -1.62. The summed E-state index contributed by atoms with van der Waals surface area (Å²) in [6.45, 7) is 2.82. The molecule has 0 radical (unpaired) electrons. The molecule has 0 aliphatic rings. The molecule has 1 amide bonds. The van der Waals surface area contributed by atoms with Crippen LogP contribution in [-0.4, -0.2) is 24.0 Å². The zero-order valence-corrected chi connectivity index (χ0v) is 9.80. The van der Waals surface area contributed by atoms with Crippen molar-refractivity contribution in [2.75, 3.05) is 18.4 Å². The van der Waals surface area contributed by atoms with Crippen molar-refractivity contribution in [2.45, 2.75) is 6.92 Å². The predicted molar refractivity (Wildman–Crippen MR) is 66.8 cm³/mol. The molecule has 0 saturated heterocycles. The molecule has 16 heavy (non-hydrogen) atoms. The topological polar surface area (TPSA) is 54.0 Å². The van der Waals surface area contributed by atoms with Gasteiger partial charge in [0.15, 0.2) is 5.13 Å². The third kappa shape index (κ3) is 2.49. The lowest BCUT2D eigenvalue weighted by atomic mass is 10.3. The Bertz CT molecular complexity index is 462. The number of amides is 1. The van der Waals surface area contributed by atoms with Gasteiger partial charge in [0.05, 0.1) is 16.8 Å². The van der Waals surface area contributed by atoms with Crippen molar-refractivity contribution in [3.05, 3.63) is 24.3 Å². The van der Waals surface area contributed by atoms with Crippen LogP contribution in [0.3, 0.4) is 0 Å². The number of thiazole rings is 1. The Kier molecular flexibility index (Phi) is 3.36. The van der Waals surface area contributed by atoms with Crippen LogP contribution in [0.1, 0.15) is 6.92 Å². The van der Waals surface area contributed by atoms with E-state index in [1.165, 1.54) is 0 Å². The summed E-state index contributed by atoms with van der Waals surface area (Å²) in [6.07, 6.45) is 0. The number of carbonyl (C=O) groups excluding carboxylic acids is 1. The molecule has 1 heterocycles. The molecule has 0 saturated carbocycles. The lowest BCUT2D eigenvalue weighted by molar-refractivity contribution is -0.119. The highest BCUT2D eigenvalue weighted by Crippen LogP contribution is 2.24. The molecule has 0 aliphatic heterocycles. The van der Waals surface area contributed by atoms with Gasteiger partial charge in [0.25, 0.3) is 0 Å². The fraction of sp³-hybridized carbons (Fsp3) is 0.273. The average Bonchev–Trinajstić information content (AvgIpc) is 2.69. The van der Waals surface area contributed by atoms with E-state index in [0.717, 1.165) is 15.3 Å². The van der Waals surface area contributed by atoms with Crippen LogP contribution in [0.15, 0.2) is 24.3 Å². The van der Waals surface area contributed by atoms with Crippen LogP contribution >= 0.6 is 11.3 Å². The molecule has 84 valence electrons. The normalized spacial score (nSPS) is 10.3. The van der Waals surface area contributed by atoms with Gasteiger partial charge in [-0.1, -0.05) is 23.5 Å². The van der Waals surface area contributed by atoms with E-state index in [1.54, 1.807) is 11.3 Å². The number of rotatable bonds is 4. The number of aromatic nitrogens is 1. The first kappa shape index (κ1) is 10.9. The smallest absolute Gasteiger partial charge is 0.239 e. The van der Waals surface area contributed by atoms with Gasteiger partial charge < -0.3 is 10.6 Å². The minimum absolute atomic E-state index is 0.0123. The highest BCUT2D eigenvalue weighted by Gasteiger charge is 2.04. The molecule has 0 spiro atoms. The Labute approximate surface area is 97.7 Å². The third-order valence-electron chi connectivity index (χ3n) is 2.07. The van der Waals surface area contributed by atoms with Crippen molar-refractivity contribution in [1.29, 1.82) is 0 Å². The first-order valence-electron chi connectivity index (χ1n) is 5.15. The summed E-state index contributed by atoms with van der Waals surface area (Å²) in [5, 5.41) is 6.52. The molecule has 4 nitrogen and oxygen atoms in total. The van der Waals surface area contributed by atoms with Crippen molar-refractivity contribution < 1.29 is 4.79 Å². The number of para-hydroxylation sites is 1. The molecule has 1 aromatic carbocycles. The number of hydrogen-bond donors (Lipinski definition) is 2. The largest absolute Gasteiger partial charge is 0.355 e. The molecule has 5 heteroatoms. The monoisotopic (exact) mass is 235 g/mol. The second-order valence-electron chi connectivity index (χ2n) is 3.29. The van der Waals surface area contributed by atoms with E-state index in [2.05, 4.69) is 15.6 Å². The minimum atomic E-state index is -0.0123. The summed E-state index contributed by atoms with van der Waals surface area (Å²) < 4.78 is 1.13. The number of nitrogens with one attached hydrogen (secondary N) is 2. The summed E-state index contributed by atoms with van der Waals surface area (Å²) >= 11 is 1.56. The Balaban J connectivity index is 2.02. The molecule has 2 aromatic rings. The first-order chi connectivity index (χ1) is 7.79. The van der Waals surface area contributed by atoms with Gasteiger partial charge >= 0.3 is 0 Å². The molecule has 0 atom stereocenters. The number of fused-ring (bicyclic) bond motifs is 1. The molecular weight excluding hydrogens is 222 g/mol. The second-order valence-corrected chi connectivity index (χ2v) is 4.32. The second kappa shape index (κ2) is 4.94. The SMILES string of the molecule is CCNC(=O)CNc1nc2ccccc2s1. The Morgan fingerprint density at radius 3 is 3.00 bits per heavy atom. The molecule has 0 unspecified atom stereocenters. The maximum absolute atomic E-state index is 11.2. The van der Waals surface area contributed by atoms with E-state index >= 15 is 0 Å². The van der Waals surface area contributed by atoms with Crippen LogP contribution < -0.4 is 10.6 Å². The van der Waals surface area contributed by atoms with E-state index < -0.39 is 0 Å². The predicted octanol–water partition coefficient (Wildman–Crippen LogP) is 1.84. The first-order valence-corrected chi connectivity index (χ1v) is 5.97. The van der Waals surface area contributed by atoms with Crippen LogP contribution in [0.2, 0.25) is 0 Å². The van der Waals surface area contributed by atoms with Gasteiger partial charge in [0.2, 0.25) is 5.91 Å². The van der Waals surface area contributed by atoms with Crippen molar-refractivity contribution >= 4 is 32.6 Å². The maximum atomic E-state index is 11.2. The van der Waals surface area contributed by atoms with Gasteiger partial charge in [-0.3, -0.25) is 4.79 Å². The number of carbonyl (C=O) groups is 1. The fourth-order valence-electron chi connectivity index (χ4n) is 1.36. The molecule has 2 N–H and O–H groups in total. The number of nitrogens with zero attached hydrogens (tertiary/aromatic N) is 1. The average molecular weight is 235 g/mol. The van der Waals surface area contributed by atoms with E-state index in [-0.39, 0.29) is 12.5 Å². The van der Waals surface area contributed by atoms with E-state index in [0.29, 0.717) is 6.54 Å². The van der Waals surface area contributed by atoms with Gasteiger partial charge in [-0.2, -0.15) is 0 Å². The Morgan fingerprint density at radius 2 is 2.25 bits per heavy atom. The van der Waals surface area contributed by atoms with Crippen molar-refractivity contribution in [3.63, 3.8) is 0 Å². The highest BCUT2D eigenvalue weighted by molar-refractivity contribution is 7.22. The van der Waals surface area contributed by atoms with Crippen LogP contribution in [0.5, 0.6) is 0 Å². The van der Waals surface area contributed by atoms with Crippen LogP contribution in [0.25, 0.3) is 10.2 Å². The lowest BCUT2D eigenvalue weighted by Gasteiger charge is -2.01. The minimum Gasteiger partial charge on any atom is -0.355 e. The van der Waals surface area contributed by atoms with Gasteiger partial charge in [0.1, 0.15) is 0 Å². The van der Waals surface area contributed by atoms with Crippen LogP contribution in [-0.2, 0) is 4.79 Å². The quantitative estimate of drug-likeness (QED) is 0.850.